The number of hydrogen-bond acceptors (Lipinski definition) is 4. The first-order chi connectivity index (χ1) is 14.1. The van der Waals surface area contributed by atoms with Gasteiger partial charge in [-0.25, -0.2) is 4.39 Å². The van der Waals surface area contributed by atoms with Crippen LogP contribution in [-0.4, -0.2) is 37.2 Å². The van der Waals surface area contributed by atoms with Crippen molar-refractivity contribution < 1.29 is 13.9 Å². The molecule has 4 nitrogen and oxygen atoms in total. The molecular weight excluding hydrogens is 435 g/mol. The predicted molar refractivity (Wildman–Crippen MR) is 118 cm³/mol. The van der Waals surface area contributed by atoms with Gasteiger partial charge in [0.2, 0.25) is 0 Å². The standard InChI is InChI=1S/C23H30BrFN2O2/c1-3-27-11-7-9-19(27)15-26-14-17-12-20(24)23(22(13-17)28-4-2)29-16-18-8-5-6-10-21(18)25/h5-6,8,10,12-13,19,26H,3-4,7,9,11,14-16H2,1-2H3/t19-/m1/s1. The summed E-state index contributed by atoms with van der Waals surface area (Å²) in [5.74, 6) is 1.01. The summed E-state index contributed by atoms with van der Waals surface area (Å²) in [7, 11) is 0. The first-order valence-electron chi connectivity index (χ1n) is 10.4. The van der Waals surface area contributed by atoms with Crippen LogP contribution in [0.5, 0.6) is 11.5 Å². The number of hydrogen-bond donors (Lipinski definition) is 1. The van der Waals surface area contributed by atoms with Crippen molar-refractivity contribution in [2.24, 2.45) is 0 Å². The van der Waals surface area contributed by atoms with Crippen LogP contribution < -0.4 is 14.8 Å². The van der Waals surface area contributed by atoms with Gasteiger partial charge in [0.05, 0.1) is 11.1 Å². The van der Waals surface area contributed by atoms with E-state index in [-0.39, 0.29) is 12.4 Å². The molecule has 1 saturated heterocycles. The minimum atomic E-state index is -0.268. The van der Waals surface area contributed by atoms with Crippen molar-refractivity contribution in [1.82, 2.24) is 10.2 Å². The van der Waals surface area contributed by atoms with Gasteiger partial charge >= 0.3 is 0 Å². The highest BCUT2D eigenvalue weighted by molar-refractivity contribution is 9.10. The van der Waals surface area contributed by atoms with E-state index in [9.17, 15) is 4.39 Å². The number of benzene rings is 2. The third-order valence-electron chi connectivity index (χ3n) is 5.31. The lowest BCUT2D eigenvalue weighted by Crippen LogP contribution is -2.37. The normalized spacial score (nSPS) is 16.9. The molecule has 0 unspecified atom stereocenters. The molecule has 1 N–H and O–H groups in total. The van der Waals surface area contributed by atoms with E-state index in [1.54, 1.807) is 18.2 Å². The minimum Gasteiger partial charge on any atom is -0.490 e. The molecule has 0 amide bonds. The predicted octanol–water partition coefficient (Wildman–Crippen LogP) is 5.14. The van der Waals surface area contributed by atoms with E-state index in [0.29, 0.717) is 29.7 Å². The molecule has 29 heavy (non-hydrogen) atoms. The Bertz CT molecular complexity index is 802. The summed E-state index contributed by atoms with van der Waals surface area (Å²) in [5.41, 5.74) is 1.64. The zero-order valence-corrected chi connectivity index (χ0v) is 18.8. The zero-order valence-electron chi connectivity index (χ0n) is 17.2. The lowest BCUT2D eigenvalue weighted by Gasteiger charge is -2.23. The van der Waals surface area contributed by atoms with E-state index in [1.165, 1.54) is 25.5 Å². The van der Waals surface area contributed by atoms with Gasteiger partial charge in [0, 0.05) is 24.7 Å². The van der Waals surface area contributed by atoms with Crippen molar-refractivity contribution in [3.63, 3.8) is 0 Å². The van der Waals surface area contributed by atoms with Crippen LogP contribution in [0.15, 0.2) is 40.9 Å². The van der Waals surface area contributed by atoms with Crippen LogP contribution in [0.4, 0.5) is 4.39 Å². The molecule has 0 radical (unpaired) electrons. The Balaban J connectivity index is 1.65. The molecule has 0 aliphatic carbocycles. The molecule has 6 heteroatoms. The molecule has 1 aliphatic heterocycles. The third kappa shape index (κ3) is 5.93. The van der Waals surface area contributed by atoms with E-state index >= 15 is 0 Å². The van der Waals surface area contributed by atoms with Gasteiger partial charge in [-0.15, -0.1) is 0 Å². The molecule has 1 fully saturated rings. The maximum atomic E-state index is 13.9. The molecule has 2 aromatic carbocycles. The average Bonchev–Trinajstić information content (AvgIpc) is 3.16. The Morgan fingerprint density at radius 1 is 1.21 bits per heavy atom. The van der Waals surface area contributed by atoms with Gasteiger partial charge in [0.15, 0.2) is 11.5 Å². The summed E-state index contributed by atoms with van der Waals surface area (Å²) in [6.07, 6.45) is 2.55. The molecule has 0 bridgehead atoms. The Morgan fingerprint density at radius 3 is 2.79 bits per heavy atom. The monoisotopic (exact) mass is 464 g/mol. The highest BCUT2D eigenvalue weighted by Gasteiger charge is 2.22. The van der Waals surface area contributed by atoms with Crippen LogP contribution in [0, 0.1) is 5.82 Å². The Morgan fingerprint density at radius 2 is 2.03 bits per heavy atom. The van der Waals surface area contributed by atoms with Crippen molar-refractivity contribution >= 4 is 15.9 Å². The fraction of sp³-hybridized carbons (Fsp3) is 0.478. The molecule has 3 rings (SSSR count). The zero-order chi connectivity index (χ0) is 20.6. The van der Waals surface area contributed by atoms with Crippen LogP contribution >= 0.6 is 15.9 Å². The summed E-state index contributed by atoms with van der Waals surface area (Å²) < 4.78 is 26.4. The lowest BCUT2D eigenvalue weighted by atomic mass is 10.1. The number of likely N-dealkylation sites (tertiary alicyclic amines) is 1. The minimum absolute atomic E-state index is 0.150. The number of nitrogens with zero attached hydrogens (tertiary/aromatic N) is 1. The first-order valence-corrected chi connectivity index (χ1v) is 11.2. The highest BCUT2D eigenvalue weighted by Crippen LogP contribution is 2.37. The maximum absolute atomic E-state index is 13.9. The van der Waals surface area contributed by atoms with E-state index in [2.05, 4.69) is 33.1 Å². The summed E-state index contributed by atoms with van der Waals surface area (Å²) >= 11 is 3.60. The van der Waals surface area contributed by atoms with Gasteiger partial charge in [-0.2, -0.15) is 0 Å². The SMILES string of the molecule is CCOc1cc(CNC[C@H]2CCCN2CC)cc(Br)c1OCc1ccccc1F. The number of nitrogens with one attached hydrogen (secondary N) is 1. The van der Waals surface area contributed by atoms with Crippen molar-refractivity contribution in [2.75, 3.05) is 26.2 Å². The summed E-state index contributed by atoms with van der Waals surface area (Å²) in [6, 6.07) is 11.3. The van der Waals surface area contributed by atoms with Gasteiger partial charge < -0.3 is 14.8 Å². The summed E-state index contributed by atoms with van der Waals surface area (Å²) in [4.78, 5) is 2.54. The molecule has 0 aromatic heterocycles. The van der Waals surface area contributed by atoms with Crippen LogP contribution in [0.2, 0.25) is 0 Å². The van der Waals surface area contributed by atoms with E-state index in [4.69, 9.17) is 9.47 Å². The first kappa shape index (κ1) is 22.1. The smallest absolute Gasteiger partial charge is 0.175 e. The van der Waals surface area contributed by atoms with Crippen molar-refractivity contribution in [2.45, 2.75) is 45.9 Å². The van der Waals surface area contributed by atoms with Crippen LogP contribution in [-0.2, 0) is 13.2 Å². The molecule has 1 atom stereocenters. The number of rotatable bonds is 10. The van der Waals surface area contributed by atoms with E-state index in [1.807, 2.05) is 19.1 Å². The van der Waals surface area contributed by atoms with Crippen LogP contribution in [0.1, 0.15) is 37.8 Å². The number of ether oxygens (including phenoxy) is 2. The molecular formula is C23H30BrFN2O2. The van der Waals surface area contributed by atoms with Crippen LogP contribution in [0.3, 0.4) is 0 Å². The van der Waals surface area contributed by atoms with E-state index in [0.717, 1.165) is 29.7 Å². The highest BCUT2D eigenvalue weighted by atomic mass is 79.9. The number of likely N-dealkylation sites (N-methyl/N-ethyl adjacent to an activating group) is 1. The van der Waals surface area contributed by atoms with Crippen molar-refractivity contribution in [3.05, 3.63) is 57.8 Å². The van der Waals surface area contributed by atoms with Crippen molar-refractivity contribution in [1.29, 1.82) is 0 Å². The third-order valence-corrected chi connectivity index (χ3v) is 5.90. The maximum Gasteiger partial charge on any atom is 0.175 e. The van der Waals surface area contributed by atoms with Gasteiger partial charge in [-0.05, 0) is 72.5 Å². The molecule has 2 aromatic rings. The second kappa shape index (κ2) is 11.0. The van der Waals surface area contributed by atoms with Gasteiger partial charge in [0.25, 0.3) is 0 Å². The molecule has 158 valence electrons. The lowest BCUT2D eigenvalue weighted by molar-refractivity contribution is 0.259. The van der Waals surface area contributed by atoms with Crippen LogP contribution in [0.25, 0.3) is 0 Å². The van der Waals surface area contributed by atoms with E-state index < -0.39 is 0 Å². The quantitative estimate of drug-likeness (QED) is 0.527. The van der Waals surface area contributed by atoms with Gasteiger partial charge in [-0.1, -0.05) is 25.1 Å². The molecule has 1 heterocycles. The second-order valence-corrected chi connectivity index (χ2v) is 8.13. The molecule has 1 aliphatic rings. The summed E-state index contributed by atoms with van der Waals surface area (Å²) in [5, 5.41) is 3.58. The fourth-order valence-corrected chi connectivity index (χ4v) is 4.42. The van der Waals surface area contributed by atoms with Gasteiger partial charge in [0.1, 0.15) is 12.4 Å². The molecule has 0 spiro atoms. The Kier molecular flexibility index (Phi) is 8.33. The van der Waals surface area contributed by atoms with Gasteiger partial charge in [-0.3, -0.25) is 4.90 Å². The van der Waals surface area contributed by atoms with Crippen molar-refractivity contribution in [3.8, 4) is 11.5 Å². The second-order valence-electron chi connectivity index (χ2n) is 7.27. The largest absolute Gasteiger partial charge is 0.490 e. The fourth-order valence-electron chi connectivity index (χ4n) is 3.82. The number of halogens is 2. The summed E-state index contributed by atoms with van der Waals surface area (Å²) in [6.45, 7) is 8.92. The Labute approximate surface area is 181 Å². The average molecular weight is 465 g/mol. The molecule has 0 saturated carbocycles. The topological polar surface area (TPSA) is 33.7 Å². The Hall–Kier alpha value is -1.63.